The third kappa shape index (κ3) is 3.17. The van der Waals surface area contributed by atoms with E-state index in [-0.39, 0.29) is 0 Å². The quantitative estimate of drug-likeness (QED) is 0.649. The summed E-state index contributed by atoms with van der Waals surface area (Å²) in [5, 5.41) is 0. The van der Waals surface area contributed by atoms with Crippen LogP contribution in [0.5, 0.6) is 0 Å². The molecule has 0 heteroatoms. The molecule has 0 fully saturated rings. The van der Waals surface area contributed by atoms with Crippen molar-refractivity contribution in [2.75, 3.05) is 0 Å². The molecule has 0 aromatic heterocycles. The van der Waals surface area contributed by atoms with Gasteiger partial charge in [-0.2, -0.15) is 0 Å². The van der Waals surface area contributed by atoms with Gasteiger partial charge in [0.1, 0.15) is 0 Å². The number of benzene rings is 1. The van der Waals surface area contributed by atoms with Crippen molar-refractivity contribution in [1.29, 1.82) is 0 Å². The summed E-state index contributed by atoms with van der Waals surface area (Å²) in [5.74, 6) is 0. The van der Waals surface area contributed by atoms with Crippen molar-refractivity contribution in [3.05, 3.63) is 34.9 Å². The fourth-order valence-corrected chi connectivity index (χ4v) is 1.87. The summed E-state index contributed by atoms with van der Waals surface area (Å²) in [5.41, 5.74) is 4.54. The molecular weight excluding hydrogens is 168 g/mol. The first kappa shape index (κ1) is 11.3. The summed E-state index contributed by atoms with van der Waals surface area (Å²) in [6.45, 7) is 6.70. The monoisotopic (exact) mass is 190 g/mol. The summed E-state index contributed by atoms with van der Waals surface area (Å²) in [4.78, 5) is 0. The predicted molar refractivity (Wildman–Crippen MR) is 63.8 cm³/mol. The Morgan fingerprint density at radius 2 is 1.71 bits per heavy atom. The summed E-state index contributed by atoms with van der Waals surface area (Å²) in [7, 11) is 0. The van der Waals surface area contributed by atoms with E-state index < -0.39 is 0 Å². The van der Waals surface area contributed by atoms with E-state index in [2.05, 4.69) is 39.0 Å². The highest BCUT2D eigenvalue weighted by atomic mass is 14.1. The molecule has 1 aromatic carbocycles. The van der Waals surface area contributed by atoms with Gasteiger partial charge in [-0.05, 0) is 37.3 Å². The molecule has 0 aliphatic heterocycles. The molecule has 1 aromatic rings. The second kappa shape index (κ2) is 5.85. The number of rotatable bonds is 5. The van der Waals surface area contributed by atoms with Gasteiger partial charge in [-0.3, -0.25) is 0 Å². The molecule has 0 N–H and O–H groups in total. The molecule has 14 heavy (non-hydrogen) atoms. The molecule has 0 bridgehead atoms. The molecule has 78 valence electrons. The molecule has 0 spiro atoms. The van der Waals surface area contributed by atoms with Gasteiger partial charge in [-0.1, -0.05) is 50.5 Å². The number of aryl methyl sites for hydroxylation is 3. The van der Waals surface area contributed by atoms with Gasteiger partial charge in [0.15, 0.2) is 0 Å². The fourth-order valence-electron chi connectivity index (χ4n) is 1.87. The van der Waals surface area contributed by atoms with Crippen LogP contribution in [0, 0.1) is 6.92 Å². The number of hydrogen-bond donors (Lipinski definition) is 0. The Kier molecular flexibility index (Phi) is 4.72. The van der Waals surface area contributed by atoms with E-state index >= 15 is 0 Å². The second-order valence-electron chi connectivity index (χ2n) is 4.13. The summed E-state index contributed by atoms with van der Waals surface area (Å²) >= 11 is 0. The van der Waals surface area contributed by atoms with Crippen LogP contribution < -0.4 is 0 Å². The number of unbranched alkanes of at least 4 members (excludes halogenated alkanes) is 1. The Hall–Kier alpha value is -0.780. The van der Waals surface area contributed by atoms with Crippen LogP contribution >= 0.6 is 0 Å². The lowest BCUT2D eigenvalue weighted by molar-refractivity contribution is 0.779. The van der Waals surface area contributed by atoms with Crippen molar-refractivity contribution in [3.63, 3.8) is 0 Å². The molecule has 0 aliphatic rings. The lowest BCUT2D eigenvalue weighted by Gasteiger charge is -2.09. The largest absolute Gasteiger partial charge is 0.0654 e. The van der Waals surface area contributed by atoms with Crippen LogP contribution in [0.25, 0.3) is 0 Å². The predicted octanol–water partition coefficient (Wildman–Crippen LogP) is 4.29. The third-order valence-corrected chi connectivity index (χ3v) is 2.68. The molecule has 0 amide bonds. The summed E-state index contributed by atoms with van der Waals surface area (Å²) in [6, 6.07) is 6.91. The number of hydrogen-bond acceptors (Lipinski definition) is 0. The first-order valence-corrected chi connectivity index (χ1v) is 5.86. The Bertz CT molecular complexity index is 273. The SMILES string of the molecule is CCCCc1cc(C)ccc1CCC. The van der Waals surface area contributed by atoms with Gasteiger partial charge in [0, 0.05) is 0 Å². The molecule has 0 radical (unpaired) electrons. The standard InChI is InChI=1S/C14H22/c1-4-6-8-14-11-12(3)9-10-13(14)7-5-2/h9-11H,4-8H2,1-3H3. The van der Waals surface area contributed by atoms with Crippen LogP contribution in [0.1, 0.15) is 49.8 Å². The van der Waals surface area contributed by atoms with Gasteiger partial charge in [-0.15, -0.1) is 0 Å². The van der Waals surface area contributed by atoms with Crippen LogP contribution in [0.2, 0.25) is 0 Å². The van der Waals surface area contributed by atoms with Crippen molar-refractivity contribution < 1.29 is 0 Å². The van der Waals surface area contributed by atoms with E-state index in [0.717, 1.165) is 0 Å². The van der Waals surface area contributed by atoms with Crippen molar-refractivity contribution in [2.45, 2.75) is 52.9 Å². The minimum absolute atomic E-state index is 1.24. The molecule has 0 unspecified atom stereocenters. The van der Waals surface area contributed by atoms with Crippen LogP contribution in [-0.4, -0.2) is 0 Å². The van der Waals surface area contributed by atoms with Crippen molar-refractivity contribution in [1.82, 2.24) is 0 Å². The van der Waals surface area contributed by atoms with E-state index in [1.807, 2.05) is 0 Å². The van der Waals surface area contributed by atoms with Crippen LogP contribution in [-0.2, 0) is 12.8 Å². The normalized spacial score (nSPS) is 10.5. The van der Waals surface area contributed by atoms with E-state index in [1.165, 1.54) is 37.7 Å². The van der Waals surface area contributed by atoms with E-state index in [4.69, 9.17) is 0 Å². The lowest BCUT2D eigenvalue weighted by Crippen LogP contribution is -1.95. The average molecular weight is 190 g/mol. The van der Waals surface area contributed by atoms with E-state index in [0.29, 0.717) is 0 Å². The van der Waals surface area contributed by atoms with Gasteiger partial charge < -0.3 is 0 Å². The van der Waals surface area contributed by atoms with Gasteiger partial charge in [-0.25, -0.2) is 0 Å². The van der Waals surface area contributed by atoms with E-state index in [1.54, 1.807) is 11.1 Å². The van der Waals surface area contributed by atoms with Crippen molar-refractivity contribution in [3.8, 4) is 0 Å². The Balaban J connectivity index is 2.79. The van der Waals surface area contributed by atoms with Crippen molar-refractivity contribution >= 4 is 0 Å². The fraction of sp³-hybridized carbons (Fsp3) is 0.571. The minimum atomic E-state index is 1.24. The zero-order valence-electron chi connectivity index (χ0n) is 9.77. The zero-order valence-corrected chi connectivity index (χ0v) is 9.77. The summed E-state index contributed by atoms with van der Waals surface area (Å²) < 4.78 is 0. The van der Waals surface area contributed by atoms with Gasteiger partial charge >= 0.3 is 0 Å². The molecule has 0 saturated carbocycles. The maximum Gasteiger partial charge on any atom is -0.0276 e. The van der Waals surface area contributed by atoms with Crippen molar-refractivity contribution in [2.24, 2.45) is 0 Å². The topological polar surface area (TPSA) is 0 Å². The van der Waals surface area contributed by atoms with Gasteiger partial charge in [0.05, 0.1) is 0 Å². The van der Waals surface area contributed by atoms with Gasteiger partial charge in [0.25, 0.3) is 0 Å². The second-order valence-corrected chi connectivity index (χ2v) is 4.13. The minimum Gasteiger partial charge on any atom is -0.0654 e. The highest BCUT2D eigenvalue weighted by Crippen LogP contribution is 2.16. The van der Waals surface area contributed by atoms with Gasteiger partial charge in [0.2, 0.25) is 0 Å². The van der Waals surface area contributed by atoms with Crippen LogP contribution in [0.4, 0.5) is 0 Å². The first-order chi connectivity index (χ1) is 6.77. The Labute approximate surface area is 88.4 Å². The maximum absolute atomic E-state index is 2.36. The van der Waals surface area contributed by atoms with Crippen LogP contribution in [0.15, 0.2) is 18.2 Å². The lowest BCUT2D eigenvalue weighted by atomic mass is 9.97. The molecular formula is C14H22. The molecule has 0 heterocycles. The average Bonchev–Trinajstić information content (AvgIpc) is 2.18. The Morgan fingerprint density at radius 1 is 0.929 bits per heavy atom. The highest BCUT2D eigenvalue weighted by Gasteiger charge is 2.01. The summed E-state index contributed by atoms with van der Waals surface area (Å²) in [6.07, 6.45) is 6.36. The van der Waals surface area contributed by atoms with E-state index in [9.17, 15) is 0 Å². The maximum atomic E-state index is 2.36. The highest BCUT2D eigenvalue weighted by molar-refractivity contribution is 5.31. The smallest absolute Gasteiger partial charge is 0.0276 e. The zero-order chi connectivity index (χ0) is 10.4. The molecule has 1 rings (SSSR count). The Morgan fingerprint density at radius 3 is 2.36 bits per heavy atom. The first-order valence-electron chi connectivity index (χ1n) is 5.86. The molecule has 0 aliphatic carbocycles. The molecule has 0 nitrogen and oxygen atoms in total. The van der Waals surface area contributed by atoms with Crippen LogP contribution in [0.3, 0.4) is 0 Å². The molecule has 0 atom stereocenters. The third-order valence-electron chi connectivity index (χ3n) is 2.68. The molecule has 0 saturated heterocycles.